The first-order valence-electron chi connectivity index (χ1n) is 18.9. The smallest absolute Gasteiger partial charge is 0.332 e. The Kier molecular flexibility index (Phi) is 11.7. The molecule has 0 amide bonds. The number of allylic oxidation sites excluding steroid dienone is 2. The molecular weight excluding hydrogens is 676 g/mol. The molecule has 12 heteroatoms. The zero-order valence-electron chi connectivity index (χ0n) is 32.3. The lowest BCUT2D eigenvalue weighted by molar-refractivity contribution is -0.754. The van der Waals surface area contributed by atoms with Crippen LogP contribution in [0.4, 0.5) is 0 Å². The normalized spacial score (nSPS) is 38.1. The second kappa shape index (κ2) is 14.4. The molecule has 5 rings (SSSR count). The number of ether oxygens (including phenoxy) is 3. The van der Waals surface area contributed by atoms with Crippen molar-refractivity contribution in [3.05, 3.63) is 21.8 Å². The molecule has 2 N–H and O–H groups in total. The Morgan fingerprint density at radius 1 is 0.922 bits per heavy atom. The molecule has 4 saturated carbocycles. The molecule has 0 aromatic rings. The lowest BCUT2D eigenvalue weighted by atomic mass is 9.33. The van der Waals surface area contributed by atoms with Crippen molar-refractivity contribution in [3.8, 4) is 0 Å². The average Bonchev–Trinajstić information content (AvgIpc) is 3.02. The van der Waals surface area contributed by atoms with Gasteiger partial charge in [0.2, 0.25) is 0 Å². The first-order valence-corrected chi connectivity index (χ1v) is 18.9. The fourth-order valence-electron chi connectivity index (χ4n) is 11.9. The van der Waals surface area contributed by atoms with Crippen LogP contribution >= 0.6 is 12.4 Å². The highest BCUT2D eigenvalue weighted by atomic mass is 35.5. The summed E-state index contributed by atoms with van der Waals surface area (Å²) in [6, 6.07) is -0.701. The van der Waals surface area contributed by atoms with Gasteiger partial charge < -0.3 is 24.8 Å². The summed E-state index contributed by atoms with van der Waals surface area (Å²) >= 11 is 0. The Balaban J connectivity index is 0.00000583. The van der Waals surface area contributed by atoms with E-state index in [4.69, 9.17) is 19.9 Å². The molecule has 0 saturated heterocycles. The predicted octanol–water partition coefficient (Wildman–Crippen LogP) is 7.40. The number of fused-ring (bicyclic) bond motifs is 7. The van der Waals surface area contributed by atoms with E-state index in [0.717, 1.165) is 57.8 Å². The van der Waals surface area contributed by atoms with Crippen LogP contribution in [-0.4, -0.2) is 55.0 Å². The molecular formula is C39H63ClN2O9. The number of hydrogen-bond acceptors (Lipinski definition) is 10. The van der Waals surface area contributed by atoms with E-state index in [2.05, 4.69) is 59.4 Å². The summed E-state index contributed by atoms with van der Waals surface area (Å²) < 4.78 is 17.1. The van der Waals surface area contributed by atoms with Gasteiger partial charge in [0.05, 0.1) is 5.41 Å². The minimum atomic E-state index is -0.963. The Hall–Kier alpha value is -2.40. The first-order chi connectivity index (χ1) is 23.1. The predicted molar refractivity (Wildman–Crippen MR) is 194 cm³/mol. The van der Waals surface area contributed by atoms with Gasteiger partial charge in [0.25, 0.3) is 5.09 Å². The lowest BCUT2D eigenvalue weighted by Gasteiger charge is -2.71. The number of nitrogens with two attached hydrogens (primary N) is 1. The van der Waals surface area contributed by atoms with Crippen LogP contribution in [0.15, 0.2) is 11.6 Å². The van der Waals surface area contributed by atoms with Crippen LogP contribution < -0.4 is 5.73 Å². The number of esters is 3. The molecule has 0 aromatic heterocycles. The summed E-state index contributed by atoms with van der Waals surface area (Å²) in [6.45, 7) is 19.5. The lowest BCUT2D eigenvalue weighted by Crippen LogP contribution is -2.65. The van der Waals surface area contributed by atoms with Crippen molar-refractivity contribution >= 4 is 30.3 Å². The molecule has 290 valence electrons. The van der Waals surface area contributed by atoms with E-state index in [0.29, 0.717) is 18.3 Å². The minimum absolute atomic E-state index is 0. The minimum Gasteiger partial charge on any atom is -0.462 e. The van der Waals surface area contributed by atoms with Crippen LogP contribution in [0.2, 0.25) is 0 Å². The summed E-state index contributed by atoms with van der Waals surface area (Å²) in [5, 5.41) is 9.68. The zero-order chi connectivity index (χ0) is 37.1. The monoisotopic (exact) mass is 738 g/mol. The molecule has 5 aliphatic rings. The molecule has 0 radical (unpaired) electrons. The Bertz CT molecular complexity index is 1400. The maximum Gasteiger partial charge on any atom is 0.332 e. The van der Waals surface area contributed by atoms with Crippen molar-refractivity contribution in [2.45, 2.75) is 139 Å². The molecule has 0 bridgehead atoms. The topological polar surface area (TPSA) is 157 Å². The van der Waals surface area contributed by atoms with E-state index in [9.17, 15) is 24.5 Å². The van der Waals surface area contributed by atoms with Crippen LogP contribution in [0, 0.1) is 66.3 Å². The van der Waals surface area contributed by atoms with Gasteiger partial charge in [0, 0.05) is 5.41 Å². The molecule has 0 aliphatic heterocycles. The number of nitrogens with zero attached hydrogens (tertiary/aromatic N) is 1. The van der Waals surface area contributed by atoms with Crippen molar-refractivity contribution < 1.29 is 38.5 Å². The SMILES string of the molecule is CC(C)[C@H](N)C(=O)OCCOC(=O)[C@]12CCC(C)(C)C[C@H]1C1=CC[C@@H]3[C@@]4(C)CC[C@H](OC(=O)CO[N+](=O)[O-])C(C)(C)[C@@H]4CC[C@@]3(C)[C@]1(C)CC2.Cl. The summed E-state index contributed by atoms with van der Waals surface area (Å²) in [7, 11) is 0. The van der Waals surface area contributed by atoms with Gasteiger partial charge in [-0.05, 0) is 110 Å². The van der Waals surface area contributed by atoms with E-state index in [1.54, 1.807) is 0 Å². The molecule has 0 aromatic carbocycles. The highest BCUT2D eigenvalue weighted by Crippen LogP contribution is 2.76. The number of carbonyl (C=O) groups is 3. The number of rotatable bonds is 10. The second-order valence-electron chi connectivity index (χ2n) is 18.8. The fraction of sp³-hybridized carbons (Fsp3) is 0.872. The number of halogens is 1. The van der Waals surface area contributed by atoms with Crippen LogP contribution in [0.1, 0.15) is 127 Å². The van der Waals surface area contributed by atoms with E-state index in [1.165, 1.54) is 5.57 Å². The summed E-state index contributed by atoms with van der Waals surface area (Å²) in [5.41, 5.74) is 6.52. The maximum atomic E-state index is 14.2. The Labute approximate surface area is 310 Å². The quantitative estimate of drug-likeness (QED) is 0.0598. The number of carbonyl (C=O) groups excluding carboxylic acids is 3. The molecule has 11 nitrogen and oxygen atoms in total. The fourth-order valence-corrected chi connectivity index (χ4v) is 11.9. The second-order valence-corrected chi connectivity index (χ2v) is 18.8. The van der Waals surface area contributed by atoms with Crippen molar-refractivity contribution in [2.75, 3.05) is 19.8 Å². The van der Waals surface area contributed by atoms with Crippen molar-refractivity contribution in [1.82, 2.24) is 0 Å². The van der Waals surface area contributed by atoms with E-state index in [1.807, 2.05) is 13.8 Å². The standard InChI is InChI=1S/C39H62N2O9.ClH/c1-24(2)31(40)32(43)47-20-21-48-33(44)39-18-16-34(3,4)22-26(39)25-10-11-28-36(7)14-13-29(50-30(42)23-49-41(45)46)35(5,6)27(36)12-15-38(28,9)37(25,8)17-19-39;/h10,24,26-29,31H,11-23,40H2,1-9H3;1H/t26-,27-,28+,29-,31-,36-,37+,38+,39-;/m0./s1. The van der Waals surface area contributed by atoms with Crippen LogP contribution in [0.3, 0.4) is 0 Å². The van der Waals surface area contributed by atoms with Crippen molar-refractivity contribution in [3.63, 3.8) is 0 Å². The van der Waals surface area contributed by atoms with Gasteiger partial charge in [-0.25, -0.2) is 4.79 Å². The molecule has 9 atom stereocenters. The highest BCUT2D eigenvalue weighted by Gasteiger charge is 2.69. The average molecular weight is 739 g/mol. The molecule has 0 heterocycles. The summed E-state index contributed by atoms with van der Waals surface area (Å²) in [5.74, 6) is -0.552. The Morgan fingerprint density at radius 3 is 2.22 bits per heavy atom. The largest absolute Gasteiger partial charge is 0.462 e. The zero-order valence-corrected chi connectivity index (χ0v) is 33.2. The van der Waals surface area contributed by atoms with Gasteiger partial charge in [-0.15, -0.1) is 22.5 Å². The summed E-state index contributed by atoms with van der Waals surface area (Å²) in [4.78, 5) is 53.9. The third-order valence-corrected chi connectivity index (χ3v) is 15.1. The Morgan fingerprint density at radius 2 is 1.57 bits per heavy atom. The van der Waals surface area contributed by atoms with Crippen LogP contribution in [0.5, 0.6) is 0 Å². The number of hydrogen-bond donors (Lipinski definition) is 1. The third kappa shape index (κ3) is 7.04. The van der Waals surface area contributed by atoms with Crippen molar-refractivity contribution in [2.24, 2.45) is 61.9 Å². The third-order valence-electron chi connectivity index (χ3n) is 15.1. The van der Waals surface area contributed by atoms with Gasteiger partial charge in [-0.2, -0.15) is 0 Å². The van der Waals surface area contributed by atoms with Gasteiger partial charge in [-0.3, -0.25) is 9.59 Å². The van der Waals surface area contributed by atoms with Gasteiger partial charge in [0.1, 0.15) is 25.4 Å². The van der Waals surface area contributed by atoms with E-state index in [-0.39, 0.29) is 76.6 Å². The van der Waals surface area contributed by atoms with Gasteiger partial charge in [0.15, 0.2) is 6.61 Å². The van der Waals surface area contributed by atoms with Gasteiger partial charge >= 0.3 is 17.9 Å². The summed E-state index contributed by atoms with van der Waals surface area (Å²) in [6.07, 6.45) is 11.1. The van der Waals surface area contributed by atoms with Crippen LogP contribution in [0.25, 0.3) is 0 Å². The highest BCUT2D eigenvalue weighted by molar-refractivity contribution is 5.85. The maximum absolute atomic E-state index is 14.2. The van der Waals surface area contributed by atoms with E-state index >= 15 is 0 Å². The van der Waals surface area contributed by atoms with E-state index < -0.39 is 35.1 Å². The molecule has 51 heavy (non-hydrogen) atoms. The molecule has 4 fully saturated rings. The molecule has 5 aliphatic carbocycles. The molecule has 0 unspecified atom stereocenters. The van der Waals surface area contributed by atoms with Gasteiger partial charge in [-0.1, -0.05) is 74.0 Å². The van der Waals surface area contributed by atoms with Crippen molar-refractivity contribution in [1.29, 1.82) is 0 Å². The first kappa shape index (κ1) is 41.4. The van der Waals surface area contributed by atoms with Crippen LogP contribution in [-0.2, 0) is 33.4 Å². The molecule has 0 spiro atoms.